The summed E-state index contributed by atoms with van der Waals surface area (Å²) in [4.78, 5) is 100. The lowest BCUT2D eigenvalue weighted by atomic mass is 10.5. The van der Waals surface area contributed by atoms with E-state index in [4.69, 9.17) is 0 Å². The molecule has 0 aromatic heterocycles. The van der Waals surface area contributed by atoms with Crippen LogP contribution in [0.15, 0.2) is 267 Å². The molecule has 0 fully saturated rings. The van der Waals surface area contributed by atoms with Gasteiger partial charge in [0.25, 0.3) is 0 Å². The number of ether oxygens (including phenoxy) is 9. The Morgan fingerprint density at radius 2 is 0.417 bits per heavy atom. The molecule has 1 N–H and O–H groups in total. The van der Waals surface area contributed by atoms with Crippen LogP contribution in [0.25, 0.3) is 0 Å². The lowest BCUT2D eigenvalue weighted by molar-refractivity contribution is -0.134. The normalized spacial score (nSPS) is 6.94. The number of carbonyl (C=O) groups excluding carboxylic acids is 10. The second-order valence-electron chi connectivity index (χ2n) is 8.67. The highest BCUT2D eigenvalue weighted by Gasteiger charge is 1.94. The molecule has 0 aromatic carbocycles. The molecular formula is C52H63NO19. The van der Waals surface area contributed by atoms with Crippen LogP contribution in [0.1, 0.15) is 0 Å². The van der Waals surface area contributed by atoms with Crippen LogP contribution < -0.4 is 5.32 Å². The van der Waals surface area contributed by atoms with E-state index in [0.717, 1.165) is 105 Å². The third-order valence-electron chi connectivity index (χ3n) is 3.98. The van der Waals surface area contributed by atoms with Crippen LogP contribution >= 0.6 is 0 Å². The first-order chi connectivity index (χ1) is 34.0. The second-order valence-corrected chi connectivity index (χ2v) is 8.67. The van der Waals surface area contributed by atoms with Crippen molar-refractivity contribution in [2.24, 2.45) is 0 Å². The summed E-state index contributed by atoms with van der Waals surface area (Å²) < 4.78 is 38.1. The number of hydrogen-bond acceptors (Lipinski definition) is 19. The van der Waals surface area contributed by atoms with Gasteiger partial charge in [-0.05, 0) is 18.4 Å². The molecule has 20 heteroatoms. The van der Waals surface area contributed by atoms with E-state index in [1.807, 2.05) is 0 Å². The highest BCUT2D eigenvalue weighted by molar-refractivity contribution is 5.87. The van der Waals surface area contributed by atoms with Crippen molar-refractivity contribution in [3.63, 3.8) is 0 Å². The van der Waals surface area contributed by atoms with Gasteiger partial charge >= 0.3 is 53.7 Å². The van der Waals surface area contributed by atoms with Gasteiger partial charge in [-0.3, -0.25) is 4.79 Å². The van der Waals surface area contributed by atoms with Gasteiger partial charge < -0.3 is 47.9 Å². The number of nitrogens with one attached hydrogen (secondary N) is 1. The number of rotatable bonds is 21. The third kappa shape index (κ3) is 113. The molecule has 390 valence electrons. The first-order valence-electron chi connectivity index (χ1n) is 18.2. The molecule has 72 heavy (non-hydrogen) atoms. The molecule has 0 unspecified atom stereocenters. The summed E-state index contributed by atoms with van der Waals surface area (Å²) in [5.74, 6) is -4.32. The Bertz CT molecular complexity index is 1520. The maximum atomic E-state index is 10.3. The van der Waals surface area contributed by atoms with E-state index in [9.17, 15) is 47.9 Å². The summed E-state index contributed by atoms with van der Waals surface area (Å²) in [6, 6.07) is 0. The van der Waals surface area contributed by atoms with E-state index in [-0.39, 0.29) is 11.7 Å². The van der Waals surface area contributed by atoms with Gasteiger partial charge in [-0.1, -0.05) is 138 Å². The van der Waals surface area contributed by atoms with Gasteiger partial charge in [0.2, 0.25) is 5.91 Å². The molecule has 0 saturated heterocycles. The molecule has 0 bridgehead atoms. The van der Waals surface area contributed by atoms with E-state index < -0.39 is 53.7 Å². The van der Waals surface area contributed by atoms with Crippen LogP contribution in [0.2, 0.25) is 0 Å². The van der Waals surface area contributed by atoms with Crippen LogP contribution in [-0.4, -0.2) is 59.6 Å². The molecule has 20 nitrogen and oxygen atoms in total. The fourth-order valence-corrected chi connectivity index (χ4v) is 1.41. The average molecular weight is 1010 g/mol. The van der Waals surface area contributed by atoms with Gasteiger partial charge in [0.05, 0.1) is 50.1 Å². The number of esters is 9. The van der Waals surface area contributed by atoms with Crippen LogP contribution in [0.4, 0.5) is 0 Å². The number of amides is 1. The number of allylic oxidation sites excluding steroid dienone is 1. The van der Waals surface area contributed by atoms with Crippen molar-refractivity contribution in [2.45, 2.75) is 0 Å². The standard InChI is InChI=1S/C7H8O2.C5H7NO.8C5H6O2/c1-4-6(3)9-7(8)5-2;1-3-5(7)6-4-2;8*1-3-5(6)7-4-2/h4-5H,1-3H2;3-4H,1-2H2,(H,6,7);8*3-4H,1-2H2. The minimum absolute atomic E-state index is 0.227. The number of carbonyl (C=O) groups is 10. The topological polar surface area (TPSA) is 266 Å². The third-order valence-corrected chi connectivity index (χ3v) is 3.98. The number of hydrogen-bond donors (Lipinski definition) is 1. The van der Waals surface area contributed by atoms with Gasteiger partial charge in [-0.25, -0.2) is 43.2 Å². The van der Waals surface area contributed by atoms with E-state index in [1.54, 1.807) is 0 Å². The molecule has 0 aliphatic carbocycles. The molecule has 0 aliphatic rings. The van der Waals surface area contributed by atoms with Crippen molar-refractivity contribution in [2.75, 3.05) is 0 Å². The van der Waals surface area contributed by atoms with Crippen LogP contribution in [0.5, 0.6) is 0 Å². The average Bonchev–Trinajstić information content (AvgIpc) is 3.38. The van der Waals surface area contributed by atoms with Crippen molar-refractivity contribution >= 4 is 59.6 Å². The van der Waals surface area contributed by atoms with Crippen molar-refractivity contribution < 1.29 is 90.6 Å². The van der Waals surface area contributed by atoms with Crippen LogP contribution in [0, 0.1) is 0 Å². The highest BCUT2D eigenvalue weighted by Crippen LogP contribution is 1.93. The van der Waals surface area contributed by atoms with Crippen LogP contribution in [-0.2, 0) is 90.6 Å². The van der Waals surface area contributed by atoms with Gasteiger partial charge in [0.1, 0.15) is 5.76 Å². The van der Waals surface area contributed by atoms with Crippen molar-refractivity contribution in [1.29, 1.82) is 0 Å². The molecule has 0 heterocycles. The van der Waals surface area contributed by atoms with Crippen molar-refractivity contribution in [1.82, 2.24) is 5.32 Å². The summed E-state index contributed by atoms with van der Waals surface area (Å²) >= 11 is 0. The largest absolute Gasteiger partial charge is 0.432 e. The molecule has 0 radical (unpaired) electrons. The van der Waals surface area contributed by atoms with E-state index >= 15 is 0 Å². The quantitative estimate of drug-likeness (QED) is 0.0370. The predicted octanol–water partition coefficient (Wildman–Crippen LogP) is 8.72. The predicted molar refractivity (Wildman–Crippen MR) is 276 cm³/mol. The molecule has 0 aromatic rings. The molecule has 0 rings (SSSR count). The van der Waals surface area contributed by atoms with E-state index in [0.29, 0.717) is 0 Å². The molecule has 1 amide bonds. The maximum absolute atomic E-state index is 10.3. The van der Waals surface area contributed by atoms with Gasteiger partial charge in [0, 0.05) is 54.7 Å². The Morgan fingerprint density at radius 1 is 0.250 bits per heavy atom. The summed E-state index contributed by atoms with van der Waals surface area (Å²) in [7, 11) is 0. The van der Waals surface area contributed by atoms with Crippen molar-refractivity contribution in [3.05, 3.63) is 267 Å². The Balaban J connectivity index is -0.0000000742. The highest BCUT2D eigenvalue weighted by atomic mass is 16.6. The Kier molecular flexibility index (Phi) is 91.1. The fourth-order valence-electron chi connectivity index (χ4n) is 1.41. The summed E-state index contributed by atoms with van der Waals surface area (Å²) in [5, 5.41) is 2.30. The molecule has 0 atom stereocenters. The minimum Gasteiger partial charge on any atom is -0.432 e. The van der Waals surface area contributed by atoms with E-state index in [2.05, 4.69) is 186 Å². The molecule has 0 aliphatic heterocycles. The summed E-state index contributed by atoms with van der Waals surface area (Å²) in [6.45, 7) is 66.9. The Labute approximate surface area is 421 Å². The fraction of sp³-hybridized carbons (Fsp3) is 0. The zero-order valence-electron chi connectivity index (χ0n) is 40.2. The van der Waals surface area contributed by atoms with Gasteiger partial charge in [-0.15, -0.1) is 0 Å². The zero-order valence-corrected chi connectivity index (χ0v) is 40.2. The van der Waals surface area contributed by atoms with Gasteiger partial charge in [0.15, 0.2) is 0 Å². The molecule has 0 spiro atoms. The van der Waals surface area contributed by atoms with E-state index in [1.165, 1.54) is 18.4 Å². The lowest BCUT2D eigenvalue weighted by Gasteiger charge is -1.96. The SMILES string of the molecule is C=CC(=C)OC(=O)C=C.C=CNC(=O)C=C.C=COC(=O)C=C.C=COC(=O)C=C.C=COC(=O)C=C.C=COC(=O)C=C.C=COC(=O)C=C.C=COC(=O)C=C.C=COC(=O)C=C.C=COC(=O)C=C. The van der Waals surface area contributed by atoms with Gasteiger partial charge in [-0.2, -0.15) is 0 Å². The lowest BCUT2D eigenvalue weighted by Crippen LogP contribution is -2.11. The summed E-state index contributed by atoms with van der Waals surface area (Å²) in [6.07, 6.45) is 21.9. The smallest absolute Gasteiger partial charge is 0.335 e. The summed E-state index contributed by atoms with van der Waals surface area (Å²) in [5.41, 5.74) is 0. The van der Waals surface area contributed by atoms with Crippen LogP contribution in [0.3, 0.4) is 0 Å². The monoisotopic (exact) mass is 1010 g/mol. The minimum atomic E-state index is -0.514. The Hall–Kier alpha value is -10.8. The first kappa shape index (κ1) is 84.6. The Morgan fingerprint density at radius 3 is 0.486 bits per heavy atom. The zero-order chi connectivity index (χ0) is 58.6. The first-order valence-corrected chi connectivity index (χ1v) is 18.2. The second kappa shape index (κ2) is 77.5. The molecular weight excluding hydrogens is 943 g/mol. The maximum Gasteiger partial charge on any atom is 0.335 e. The molecule has 0 saturated carbocycles. The van der Waals surface area contributed by atoms with Crippen molar-refractivity contribution in [3.8, 4) is 0 Å².